The summed E-state index contributed by atoms with van der Waals surface area (Å²) in [6, 6.07) is 17.2. The van der Waals surface area contributed by atoms with Gasteiger partial charge in [0.15, 0.2) is 0 Å². The molecule has 2 heterocycles. The van der Waals surface area contributed by atoms with E-state index in [4.69, 9.17) is 4.74 Å². The minimum Gasteiger partial charge on any atom is -0.378 e. The van der Waals surface area contributed by atoms with Crippen LogP contribution < -0.4 is 15.1 Å². The molecule has 1 amide bonds. The fourth-order valence-electron chi connectivity index (χ4n) is 4.22. The maximum Gasteiger partial charge on any atom is 0.224 e. The van der Waals surface area contributed by atoms with Crippen LogP contribution in [0.4, 0.5) is 17.1 Å². The normalized spacial score (nSPS) is 21.5. The van der Waals surface area contributed by atoms with Crippen molar-refractivity contribution in [2.24, 2.45) is 0 Å². The quantitative estimate of drug-likeness (QED) is 0.835. The minimum absolute atomic E-state index is 0. The van der Waals surface area contributed by atoms with E-state index in [1.54, 1.807) is 6.92 Å². The van der Waals surface area contributed by atoms with Crippen molar-refractivity contribution in [2.45, 2.75) is 32.4 Å². The Morgan fingerprint density at radius 2 is 1.75 bits per heavy atom. The van der Waals surface area contributed by atoms with Gasteiger partial charge in [-0.2, -0.15) is 0 Å². The van der Waals surface area contributed by atoms with Gasteiger partial charge in [0.25, 0.3) is 0 Å². The van der Waals surface area contributed by atoms with Crippen molar-refractivity contribution in [1.29, 1.82) is 0 Å². The number of nitrogens with one attached hydrogen (secondary N) is 1. The molecule has 1 saturated heterocycles. The Morgan fingerprint density at radius 3 is 2.43 bits per heavy atom. The summed E-state index contributed by atoms with van der Waals surface area (Å²) in [5, 5.41) is 3.68. The Morgan fingerprint density at radius 1 is 1.07 bits per heavy atom. The third kappa shape index (κ3) is 4.10. The Labute approximate surface area is 173 Å². The van der Waals surface area contributed by atoms with E-state index in [1.807, 2.05) is 23.1 Å². The highest BCUT2D eigenvalue weighted by Crippen LogP contribution is 2.39. The molecule has 0 spiro atoms. The van der Waals surface area contributed by atoms with E-state index in [1.165, 1.54) is 11.3 Å². The first-order valence-electron chi connectivity index (χ1n) is 9.71. The minimum atomic E-state index is 0. The van der Waals surface area contributed by atoms with Crippen LogP contribution in [0.15, 0.2) is 48.5 Å². The van der Waals surface area contributed by atoms with Gasteiger partial charge in [-0.25, -0.2) is 0 Å². The Hall–Kier alpha value is -2.24. The average molecular weight is 402 g/mol. The van der Waals surface area contributed by atoms with Crippen molar-refractivity contribution in [1.82, 2.24) is 0 Å². The molecule has 6 heteroatoms. The third-order valence-electron chi connectivity index (χ3n) is 5.51. The Kier molecular flexibility index (Phi) is 6.47. The molecule has 2 aromatic rings. The predicted molar refractivity (Wildman–Crippen MR) is 117 cm³/mol. The van der Waals surface area contributed by atoms with E-state index in [0.29, 0.717) is 0 Å². The fraction of sp³-hybridized carbons (Fsp3) is 0.409. The molecule has 2 atom stereocenters. The molecular formula is C22H28ClN3O2. The van der Waals surface area contributed by atoms with Gasteiger partial charge >= 0.3 is 0 Å². The number of hydrogen-bond acceptors (Lipinski definition) is 4. The standard InChI is InChI=1S/C22H27N3O2.ClH/c1-16-15-21(20-5-3-4-6-22(20)25(16)17(2)26)23-18-7-9-19(10-8-18)24-11-13-27-14-12-24;/h3-10,16,21,23H,11-15H2,1-2H3;1H/t16-,21+;/m1./s1. The number of amides is 1. The number of para-hydroxylation sites is 1. The molecule has 2 aromatic carbocycles. The number of morpholine rings is 1. The molecule has 0 radical (unpaired) electrons. The second kappa shape index (κ2) is 8.84. The number of halogens is 1. The van der Waals surface area contributed by atoms with Crippen LogP contribution in [0.3, 0.4) is 0 Å². The van der Waals surface area contributed by atoms with Gasteiger partial charge in [-0.3, -0.25) is 4.79 Å². The van der Waals surface area contributed by atoms with Crippen LogP contribution in [0.2, 0.25) is 0 Å². The van der Waals surface area contributed by atoms with Crippen LogP contribution in [-0.2, 0) is 9.53 Å². The van der Waals surface area contributed by atoms with Crippen molar-refractivity contribution in [3.8, 4) is 0 Å². The van der Waals surface area contributed by atoms with E-state index in [0.717, 1.165) is 44.1 Å². The maximum absolute atomic E-state index is 12.1. The Bertz CT molecular complexity index is 806. The fourth-order valence-corrected chi connectivity index (χ4v) is 4.22. The summed E-state index contributed by atoms with van der Waals surface area (Å²) in [5.74, 6) is 0.100. The molecule has 0 unspecified atom stereocenters. The number of carbonyl (C=O) groups excluding carboxylic acids is 1. The van der Waals surface area contributed by atoms with Gasteiger partial charge in [0, 0.05) is 43.1 Å². The van der Waals surface area contributed by atoms with Gasteiger partial charge in [0.05, 0.1) is 19.3 Å². The van der Waals surface area contributed by atoms with E-state index >= 15 is 0 Å². The van der Waals surface area contributed by atoms with Crippen molar-refractivity contribution in [3.05, 3.63) is 54.1 Å². The summed E-state index contributed by atoms with van der Waals surface area (Å²) in [4.78, 5) is 16.4. The molecule has 5 nitrogen and oxygen atoms in total. The smallest absolute Gasteiger partial charge is 0.224 e. The summed E-state index contributed by atoms with van der Waals surface area (Å²) >= 11 is 0. The van der Waals surface area contributed by atoms with E-state index < -0.39 is 0 Å². The van der Waals surface area contributed by atoms with Crippen LogP contribution in [0, 0.1) is 0 Å². The molecular weight excluding hydrogens is 374 g/mol. The van der Waals surface area contributed by atoms with Crippen molar-refractivity contribution < 1.29 is 9.53 Å². The number of anilines is 3. The van der Waals surface area contributed by atoms with Gasteiger partial charge in [-0.1, -0.05) is 18.2 Å². The highest BCUT2D eigenvalue weighted by molar-refractivity contribution is 5.93. The molecule has 0 bridgehead atoms. The first-order chi connectivity index (χ1) is 13.1. The third-order valence-corrected chi connectivity index (χ3v) is 5.51. The summed E-state index contributed by atoms with van der Waals surface area (Å²) < 4.78 is 5.43. The van der Waals surface area contributed by atoms with Crippen LogP contribution in [0.1, 0.15) is 31.9 Å². The number of hydrogen-bond donors (Lipinski definition) is 1. The molecule has 0 aromatic heterocycles. The lowest BCUT2D eigenvalue weighted by atomic mass is 9.91. The van der Waals surface area contributed by atoms with Crippen molar-refractivity contribution in [2.75, 3.05) is 41.4 Å². The lowest BCUT2D eigenvalue weighted by molar-refractivity contribution is -0.117. The van der Waals surface area contributed by atoms with Crippen molar-refractivity contribution in [3.63, 3.8) is 0 Å². The lowest BCUT2D eigenvalue weighted by Crippen LogP contribution is -2.43. The lowest BCUT2D eigenvalue weighted by Gasteiger charge is -2.39. The van der Waals surface area contributed by atoms with Gasteiger partial charge < -0.3 is 19.9 Å². The summed E-state index contributed by atoms with van der Waals surface area (Å²) in [6.07, 6.45) is 0.891. The number of carbonyl (C=O) groups is 1. The SMILES string of the molecule is CC(=O)N1c2ccccc2[C@@H](Nc2ccc(N3CCOCC3)cc2)C[C@H]1C.Cl. The molecule has 0 saturated carbocycles. The molecule has 2 aliphatic rings. The van der Waals surface area contributed by atoms with Crippen LogP contribution in [0.5, 0.6) is 0 Å². The first-order valence-corrected chi connectivity index (χ1v) is 9.71. The largest absolute Gasteiger partial charge is 0.378 e. The molecule has 2 aliphatic heterocycles. The zero-order chi connectivity index (χ0) is 18.8. The van der Waals surface area contributed by atoms with Crippen molar-refractivity contribution >= 4 is 35.4 Å². The molecule has 150 valence electrons. The highest BCUT2D eigenvalue weighted by atomic mass is 35.5. The first kappa shape index (κ1) is 20.5. The zero-order valence-electron chi connectivity index (χ0n) is 16.4. The molecule has 1 fully saturated rings. The van der Waals surface area contributed by atoms with Crippen LogP contribution in [0.25, 0.3) is 0 Å². The maximum atomic E-state index is 12.1. The van der Waals surface area contributed by atoms with Gasteiger partial charge in [-0.15, -0.1) is 12.4 Å². The van der Waals surface area contributed by atoms with Gasteiger partial charge in [0.2, 0.25) is 5.91 Å². The number of nitrogens with zero attached hydrogens (tertiary/aromatic N) is 2. The molecule has 4 rings (SSSR count). The van der Waals surface area contributed by atoms with E-state index in [9.17, 15) is 4.79 Å². The van der Waals surface area contributed by atoms with Gasteiger partial charge in [-0.05, 0) is 49.2 Å². The summed E-state index contributed by atoms with van der Waals surface area (Å²) in [7, 11) is 0. The van der Waals surface area contributed by atoms with Gasteiger partial charge in [0.1, 0.15) is 0 Å². The zero-order valence-corrected chi connectivity index (χ0v) is 17.2. The summed E-state index contributed by atoms with van der Waals surface area (Å²) in [6.45, 7) is 7.24. The van der Waals surface area contributed by atoms with Crippen LogP contribution >= 0.6 is 12.4 Å². The number of rotatable bonds is 3. The Balaban J connectivity index is 0.00000225. The monoisotopic (exact) mass is 401 g/mol. The predicted octanol–water partition coefficient (Wildman–Crippen LogP) is 4.24. The van der Waals surface area contributed by atoms with E-state index in [-0.39, 0.29) is 30.4 Å². The molecule has 28 heavy (non-hydrogen) atoms. The van der Waals surface area contributed by atoms with E-state index in [2.05, 4.69) is 47.5 Å². The second-order valence-electron chi connectivity index (χ2n) is 7.38. The number of ether oxygens (including phenoxy) is 1. The average Bonchev–Trinajstić information content (AvgIpc) is 2.69. The number of fused-ring (bicyclic) bond motifs is 1. The number of benzene rings is 2. The molecule has 0 aliphatic carbocycles. The highest BCUT2D eigenvalue weighted by Gasteiger charge is 2.32. The van der Waals surface area contributed by atoms with Crippen LogP contribution in [-0.4, -0.2) is 38.3 Å². The molecule has 1 N–H and O–H groups in total. The topological polar surface area (TPSA) is 44.8 Å². The second-order valence-corrected chi connectivity index (χ2v) is 7.38. The summed E-state index contributed by atoms with van der Waals surface area (Å²) in [5.41, 5.74) is 4.55.